The van der Waals surface area contributed by atoms with Gasteiger partial charge in [0.05, 0.1) is 17.7 Å². The van der Waals surface area contributed by atoms with Crippen molar-refractivity contribution in [1.82, 2.24) is 10.3 Å². The summed E-state index contributed by atoms with van der Waals surface area (Å²) in [4.78, 5) is 4.69. The molecule has 0 aliphatic rings. The maximum atomic E-state index is 9.48. The Kier molecular flexibility index (Phi) is 7.04. The van der Waals surface area contributed by atoms with Crippen molar-refractivity contribution in [3.05, 3.63) is 59.2 Å². The standard InChI is InChI=1S/C23H25N5OS/c1-4-29-20-9-7-19(8-10-20)27-23(30)26-12-11-25-22-18(14-24)13-17-6-5-15(2)16(3)21(17)28-22/h5-10,13H,4,11-12H2,1-3H3,(H,25,28)(H2,26,27,30). The van der Waals surface area contributed by atoms with Gasteiger partial charge in [0, 0.05) is 24.2 Å². The Morgan fingerprint density at radius 1 is 1.13 bits per heavy atom. The number of nitrogens with one attached hydrogen (secondary N) is 3. The van der Waals surface area contributed by atoms with E-state index < -0.39 is 0 Å². The second-order valence-corrected chi connectivity index (χ2v) is 7.25. The number of aryl methyl sites for hydroxylation is 2. The molecule has 0 unspecified atom stereocenters. The van der Waals surface area contributed by atoms with Crippen LogP contribution in [0.5, 0.6) is 5.75 Å². The lowest BCUT2D eigenvalue weighted by Crippen LogP contribution is -2.32. The fourth-order valence-electron chi connectivity index (χ4n) is 3.04. The van der Waals surface area contributed by atoms with Gasteiger partial charge in [-0.2, -0.15) is 5.26 Å². The largest absolute Gasteiger partial charge is 0.494 e. The van der Waals surface area contributed by atoms with Crippen LogP contribution in [-0.4, -0.2) is 29.8 Å². The van der Waals surface area contributed by atoms with Crippen molar-refractivity contribution < 1.29 is 4.74 Å². The van der Waals surface area contributed by atoms with Crippen LogP contribution in [0.25, 0.3) is 10.9 Å². The Balaban J connectivity index is 1.55. The number of anilines is 2. The topological polar surface area (TPSA) is 82.0 Å². The SMILES string of the molecule is CCOc1ccc(NC(=S)NCCNc2nc3c(C)c(C)ccc3cc2C#N)cc1. The summed E-state index contributed by atoms with van der Waals surface area (Å²) in [5.41, 5.74) is 4.63. The highest BCUT2D eigenvalue weighted by Gasteiger charge is 2.09. The Morgan fingerprint density at radius 2 is 1.90 bits per heavy atom. The fourth-order valence-corrected chi connectivity index (χ4v) is 3.26. The summed E-state index contributed by atoms with van der Waals surface area (Å²) in [5.74, 6) is 1.42. The number of pyridine rings is 1. The van der Waals surface area contributed by atoms with E-state index in [-0.39, 0.29) is 0 Å². The van der Waals surface area contributed by atoms with Crippen LogP contribution in [0.2, 0.25) is 0 Å². The van der Waals surface area contributed by atoms with Crippen molar-refractivity contribution >= 4 is 39.7 Å². The summed E-state index contributed by atoms with van der Waals surface area (Å²) in [6.07, 6.45) is 0. The zero-order valence-electron chi connectivity index (χ0n) is 17.4. The number of benzene rings is 2. The lowest BCUT2D eigenvalue weighted by molar-refractivity contribution is 0.340. The molecule has 3 aromatic rings. The number of nitriles is 1. The van der Waals surface area contributed by atoms with Crippen LogP contribution in [0.15, 0.2) is 42.5 Å². The number of ether oxygens (including phenoxy) is 1. The van der Waals surface area contributed by atoms with Gasteiger partial charge < -0.3 is 20.7 Å². The summed E-state index contributed by atoms with van der Waals surface area (Å²) in [7, 11) is 0. The smallest absolute Gasteiger partial charge is 0.170 e. The number of thiocarbonyl (C=S) groups is 1. The first kappa shape index (κ1) is 21.3. The number of fused-ring (bicyclic) bond motifs is 1. The first-order chi connectivity index (χ1) is 14.5. The summed E-state index contributed by atoms with van der Waals surface area (Å²) in [5, 5.41) is 20.5. The number of hydrogen-bond acceptors (Lipinski definition) is 5. The predicted octanol–water partition coefficient (Wildman–Crippen LogP) is 4.52. The van der Waals surface area contributed by atoms with Gasteiger partial charge in [0.25, 0.3) is 0 Å². The monoisotopic (exact) mass is 419 g/mol. The molecule has 0 radical (unpaired) electrons. The van der Waals surface area contributed by atoms with Crippen LogP contribution in [-0.2, 0) is 0 Å². The van der Waals surface area contributed by atoms with Crippen LogP contribution in [0.1, 0.15) is 23.6 Å². The van der Waals surface area contributed by atoms with E-state index in [1.54, 1.807) is 0 Å². The van der Waals surface area contributed by atoms with Crippen molar-refractivity contribution in [1.29, 1.82) is 5.26 Å². The Hall–Kier alpha value is -3.37. The highest BCUT2D eigenvalue weighted by Crippen LogP contribution is 2.24. The van der Waals surface area contributed by atoms with Crippen LogP contribution in [0.4, 0.5) is 11.5 Å². The highest BCUT2D eigenvalue weighted by atomic mass is 32.1. The number of rotatable bonds is 7. The summed E-state index contributed by atoms with van der Waals surface area (Å²) >= 11 is 5.34. The molecular formula is C23H25N5OS. The predicted molar refractivity (Wildman–Crippen MR) is 126 cm³/mol. The molecule has 0 spiro atoms. The van der Waals surface area contributed by atoms with Gasteiger partial charge in [-0.05, 0) is 74.4 Å². The third-order valence-corrected chi connectivity index (χ3v) is 5.00. The van der Waals surface area contributed by atoms with Crippen LogP contribution >= 0.6 is 12.2 Å². The molecule has 0 amide bonds. The highest BCUT2D eigenvalue weighted by molar-refractivity contribution is 7.80. The van der Waals surface area contributed by atoms with Gasteiger partial charge in [-0.15, -0.1) is 0 Å². The van der Waals surface area contributed by atoms with Gasteiger partial charge >= 0.3 is 0 Å². The van der Waals surface area contributed by atoms with Crippen molar-refractivity contribution in [3.63, 3.8) is 0 Å². The molecule has 30 heavy (non-hydrogen) atoms. The lowest BCUT2D eigenvalue weighted by Gasteiger charge is -2.13. The molecule has 1 aromatic heterocycles. The lowest BCUT2D eigenvalue weighted by atomic mass is 10.0. The maximum absolute atomic E-state index is 9.48. The minimum atomic E-state index is 0.527. The fraction of sp³-hybridized carbons (Fsp3) is 0.261. The van der Waals surface area contributed by atoms with E-state index in [9.17, 15) is 5.26 Å². The third-order valence-electron chi connectivity index (χ3n) is 4.76. The third kappa shape index (κ3) is 5.16. The Bertz CT molecular complexity index is 1090. The average molecular weight is 420 g/mol. The molecular weight excluding hydrogens is 394 g/mol. The summed E-state index contributed by atoms with van der Waals surface area (Å²) < 4.78 is 5.43. The number of aromatic nitrogens is 1. The van der Waals surface area contributed by atoms with Crippen molar-refractivity contribution in [2.75, 3.05) is 30.3 Å². The summed E-state index contributed by atoms with van der Waals surface area (Å²) in [6.45, 7) is 7.85. The van der Waals surface area contributed by atoms with Crippen LogP contribution in [0.3, 0.4) is 0 Å². The summed E-state index contributed by atoms with van der Waals surface area (Å²) in [6, 6.07) is 15.8. The minimum Gasteiger partial charge on any atom is -0.494 e. The molecule has 6 nitrogen and oxygen atoms in total. The van der Waals surface area contributed by atoms with Gasteiger partial charge in [0.2, 0.25) is 0 Å². The molecule has 0 bridgehead atoms. The number of nitrogens with zero attached hydrogens (tertiary/aromatic N) is 2. The van der Waals surface area contributed by atoms with E-state index >= 15 is 0 Å². The van der Waals surface area contributed by atoms with Gasteiger partial charge in [-0.25, -0.2) is 4.98 Å². The zero-order valence-corrected chi connectivity index (χ0v) is 18.2. The van der Waals surface area contributed by atoms with Crippen molar-refractivity contribution in [2.24, 2.45) is 0 Å². The van der Waals surface area contributed by atoms with Gasteiger partial charge in [0.1, 0.15) is 17.6 Å². The second kappa shape index (κ2) is 9.90. The van der Waals surface area contributed by atoms with E-state index in [1.165, 1.54) is 5.56 Å². The van der Waals surface area contributed by atoms with Crippen molar-refractivity contribution in [3.8, 4) is 11.8 Å². The average Bonchev–Trinajstić information content (AvgIpc) is 2.75. The number of hydrogen-bond donors (Lipinski definition) is 3. The van der Waals surface area contributed by atoms with E-state index in [2.05, 4.69) is 35.0 Å². The van der Waals surface area contributed by atoms with Crippen LogP contribution in [0, 0.1) is 25.2 Å². The normalized spacial score (nSPS) is 10.3. The quantitative estimate of drug-likeness (QED) is 0.384. The molecule has 3 N–H and O–H groups in total. The molecule has 0 fully saturated rings. The molecule has 2 aromatic carbocycles. The Labute approximate surface area is 182 Å². The zero-order chi connectivity index (χ0) is 21.5. The molecule has 7 heteroatoms. The Morgan fingerprint density at radius 3 is 2.60 bits per heavy atom. The first-order valence-corrected chi connectivity index (χ1v) is 10.2. The molecule has 0 saturated carbocycles. The molecule has 1 heterocycles. The minimum absolute atomic E-state index is 0.527. The van der Waals surface area contributed by atoms with Crippen molar-refractivity contribution in [2.45, 2.75) is 20.8 Å². The molecule has 0 saturated heterocycles. The molecule has 0 aliphatic carbocycles. The van der Waals surface area contributed by atoms with Gasteiger partial charge in [-0.1, -0.05) is 12.1 Å². The van der Waals surface area contributed by atoms with E-state index in [4.69, 9.17) is 21.9 Å². The maximum Gasteiger partial charge on any atom is 0.170 e. The molecule has 154 valence electrons. The van der Waals surface area contributed by atoms with Crippen LogP contribution < -0.4 is 20.7 Å². The van der Waals surface area contributed by atoms with Gasteiger partial charge in [-0.3, -0.25) is 0 Å². The second-order valence-electron chi connectivity index (χ2n) is 6.84. The van der Waals surface area contributed by atoms with E-state index in [0.717, 1.165) is 27.9 Å². The van der Waals surface area contributed by atoms with Gasteiger partial charge in [0.15, 0.2) is 5.11 Å². The van der Waals surface area contributed by atoms with E-state index in [0.29, 0.717) is 36.2 Å². The molecule has 0 atom stereocenters. The molecule has 0 aliphatic heterocycles. The van der Waals surface area contributed by atoms with E-state index in [1.807, 2.05) is 50.2 Å². The first-order valence-electron chi connectivity index (χ1n) is 9.84. The molecule has 3 rings (SSSR count).